The van der Waals surface area contributed by atoms with Crippen molar-refractivity contribution in [2.75, 3.05) is 18.1 Å². The number of unbranched alkanes of at least 4 members (excludes halogenated alkanes) is 1. The van der Waals surface area contributed by atoms with Crippen molar-refractivity contribution < 1.29 is 19.4 Å². The van der Waals surface area contributed by atoms with Crippen molar-refractivity contribution in [3.63, 3.8) is 0 Å². The Hall–Kier alpha value is -2.04. The normalized spacial score (nSPS) is 9.83. The number of carboxylic acids is 1. The molecular formula is C13H17NO4. The lowest BCUT2D eigenvalue weighted by Gasteiger charge is -2.20. The molecule has 98 valence electrons. The van der Waals surface area contributed by atoms with Crippen LogP contribution in [0.1, 0.15) is 19.8 Å². The molecule has 0 aliphatic rings. The summed E-state index contributed by atoms with van der Waals surface area (Å²) in [6, 6.07) is 8.62. The Morgan fingerprint density at radius 1 is 1.28 bits per heavy atom. The molecule has 1 N–H and O–H groups in total. The molecule has 1 amide bonds. The van der Waals surface area contributed by atoms with Gasteiger partial charge in [-0.05, 0) is 18.6 Å². The van der Waals surface area contributed by atoms with Gasteiger partial charge in [-0.25, -0.2) is 4.79 Å². The molecule has 0 fully saturated rings. The van der Waals surface area contributed by atoms with Crippen molar-refractivity contribution in [2.45, 2.75) is 19.8 Å². The number of rotatable bonds is 6. The fraction of sp³-hybridized carbons (Fsp3) is 0.385. The third-order valence-corrected chi connectivity index (χ3v) is 2.31. The Kier molecular flexibility index (Phi) is 5.70. The summed E-state index contributed by atoms with van der Waals surface area (Å²) in [5.41, 5.74) is 0.515. The second kappa shape index (κ2) is 7.32. The molecule has 0 aliphatic heterocycles. The molecule has 5 nitrogen and oxygen atoms in total. The third-order valence-electron chi connectivity index (χ3n) is 2.31. The predicted molar refractivity (Wildman–Crippen MR) is 67.7 cm³/mol. The molecule has 0 unspecified atom stereocenters. The molecule has 0 aliphatic carbocycles. The zero-order chi connectivity index (χ0) is 13.4. The number of hydrogen-bond acceptors (Lipinski definition) is 3. The van der Waals surface area contributed by atoms with Gasteiger partial charge in [-0.2, -0.15) is 0 Å². The monoisotopic (exact) mass is 251 g/mol. The summed E-state index contributed by atoms with van der Waals surface area (Å²) in [5, 5.41) is 8.82. The minimum absolute atomic E-state index is 0.304. The molecule has 1 rings (SSSR count). The van der Waals surface area contributed by atoms with Gasteiger partial charge in [0.05, 0.1) is 6.61 Å². The number of carbonyl (C=O) groups excluding carboxylic acids is 1. The number of nitrogens with zero attached hydrogens (tertiary/aromatic N) is 1. The molecule has 18 heavy (non-hydrogen) atoms. The fourth-order valence-electron chi connectivity index (χ4n) is 1.39. The van der Waals surface area contributed by atoms with E-state index in [4.69, 9.17) is 9.84 Å². The first-order chi connectivity index (χ1) is 8.65. The van der Waals surface area contributed by atoms with Gasteiger partial charge in [-0.15, -0.1) is 0 Å². The molecule has 0 aromatic heterocycles. The van der Waals surface area contributed by atoms with Gasteiger partial charge in [0, 0.05) is 5.69 Å². The average Bonchev–Trinajstić information content (AvgIpc) is 2.37. The molecule has 0 saturated heterocycles. The average molecular weight is 251 g/mol. The van der Waals surface area contributed by atoms with Crippen LogP contribution in [0.15, 0.2) is 30.3 Å². The smallest absolute Gasteiger partial charge is 0.414 e. The maximum atomic E-state index is 11.8. The molecule has 1 aromatic rings. The number of amides is 1. The van der Waals surface area contributed by atoms with Crippen LogP contribution in [0.5, 0.6) is 0 Å². The van der Waals surface area contributed by atoms with E-state index in [1.807, 2.05) is 6.92 Å². The van der Waals surface area contributed by atoms with Crippen molar-refractivity contribution in [1.82, 2.24) is 0 Å². The lowest BCUT2D eigenvalue weighted by atomic mass is 10.3. The molecule has 0 saturated carbocycles. The molecule has 1 aromatic carbocycles. The van der Waals surface area contributed by atoms with Crippen LogP contribution >= 0.6 is 0 Å². The van der Waals surface area contributed by atoms with Gasteiger partial charge < -0.3 is 9.84 Å². The largest absolute Gasteiger partial charge is 0.480 e. The standard InChI is InChI=1S/C13H17NO4/c1-2-3-9-18-13(17)14(10-12(15)16)11-7-5-4-6-8-11/h4-8H,2-3,9-10H2,1H3,(H,15,16). The van der Waals surface area contributed by atoms with Gasteiger partial charge in [0.1, 0.15) is 6.54 Å². The molecule has 0 heterocycles. The van der Waals surface area contributed by atoms with Gasteiger partial charge in [0.15, 0.2) is 0 Å². The zero-order valence-electron chi connectivity index (χ0n) is 10.3. The number of aliphatic carboxylic acids is 1. The number of para-hydroxylation sites is 1. The van der Waals surface area contributed by atoms with Gasteiger partial charge in [0.25, 0.3) is 0 Å². The van der Waals surface area contributed by atoms with Crippen molar-refractivity contribution in [3.05, 3.63) is 30.3 Å². The molecule has 0 radical (unpaired) electrons. The SMILES string of the molecule is CCCCOC(=O)N(CC(=O)O)c1ccccc1. The Morgan fingerprint density at radius 3 is 2.50 bits per heavy atom. The van der Waals surface area contributed by atoms with Crippen LogP contribution in [-0.4, -0.2) is 30.3 Å². The van der Waals surface area contributed by atoms with Gasteiger partial charge in [-0.1, -0.05) is 31.5 Å². The first-order valence-corrected chi connectivity index (χ1v) is 5.86. The first-order valence-electron chi connectivity index (χ1n) is 5.86. The van der Waals surface area contributed by atoms with Crippen LogP contribution in [0.25, 0.3) is 0 Å². The lowest BCUT2D eigenvalue weighted by molar-refractivity contribution is -0.135. The van der Waals surface area contributed by atoms with Crippen LogP contribution in [0.4, 0.5) is 10.5 Å². The molecular weight excluding hydrogens is 234 g/mol. The predicted octanol–water partition coefficient (Wildman–Crippen LogP) is 2.51. The van der Waals surface area contributed by atoms with Crippen LogP contribution < -0.4 is 4.90 Å². The highest BCUT2D eigenvalue weighted by Gasteiger charge is 2.19. The summed E-state index contributed by atoms with van der Waals surface area (Å²) in [6.07, 6.45) is 1.05. The van der Waals surface area contributed by atoms with E-state index in [0.29, 0.717) is 12.3 Å². The molecule has 0 bridgehead atoms. The summed E-state index contributed by atoms with van der Waals surface area (Å²) < 4.78 is 5.02. The number of hydrogen-bond donors (Lipinski definition) is 1. The lowest BCUT2D eigenvalue weighted by Crippen LogP contribution is -2.36. The number of benzene rings is 1. The second-order valence-corrected chi connectivity index (χ2v) is 3.78. The maximum absolute atomic E-state index is 11.8. The van der Waals surface area contributed by atoms with E-state index < -0.39 is 18.6 Å². The summed E-state index contributed by atoms with van der Waals surface area (Å²) in [6.45, 7) is 1.88. The van der Waals surface area contributed by atoms with Crippen LogP contribution in [-0.2, 0) is 9.53 Å². The maximum Gasteiger partial charge on any atom is 0.414 e. The number of anilines is 1. The highest BCUT2D eigenvalue weighted by molar-refractivity contribution is 5.92. The Balaban J connectivity index is 2.72. The zero-order valence-corrected chi connectivity index (χ0v) is 10.3. The van der Waals surface area contributed by atoms with Gasteiger partial charge >= 0.3 is 12.1 Å². The van der Waals surface area contributed by atoms with E-state index in [1.54, 1.807) is 30.3 Å². The summed E-state index contributed by atoms with van der Waals surface area (Å²) in [4.78, 5) is 23.7. The number of carboxylic acid groups (broad SMARTS) is 1. The molecule has 0 atom stereocenters. The van der Waals surface area contributed by atoms with E-state index >= 15 is 0 Å². The van der Waals surface area contributed by atoms with Crippen LogP contribution in [0, 0.1) is 0 Å². The van der Waals surface area contributed by atoms with E-state index in [9.17, 15) is 9.59 Å². The van der Waals surface area contributed by atoms with E-state index in [1.165, 1.54) is 0 Å². The van der Waals surface area contributed by atoms with Crippen molar-refractivity contribution >= 4 is 17.7 Å². The van der Waals surface area contributed by atoms with Gasteiger partial charge in [-0.3, -0.25) is 9.69 Å². The molecule has 5 heteroatoms. The molecule has 0 spiro atoms. The Bertz CT molecular complexity index is 391. The topological polar surface area (TPSA) is 66.8 Å². The minimum Gasteiger partial charge on any atom is -0.480 e. The first kappa shape index (κ1) is 14.0. The van der Waals surface area contributed by atoms with E-state index in [0.717, 1.165) is 17.7 Å². The van der Waals surface area contributed by atoms with E-state index in [2.05, 4.69) is 0 Å². The highest BCUT2D eigenvalue weighted by atomic mass is 16.6. The highest BCUT2D eigenvalue weighted by Crippen LogP contribution is 2.14. The fourth-order valence-corrected chi connectivity index (χ4v) is 1.39. The van der Waals surface area contributed by atoms with Crippen molar-refractivity contribution in [1.29, 1.82) is 0 Å². The van der Waals surface area contributed by atoms with Crippen LogP contribution in [0.3, 0.4) is 0 Å². The van der Waals surface area contributed by atoms with Gasteiger partial charge in [0.2, 0.25) is 0 Å². The van der Waals surface area contributed by atoms with Crippen molar-refractivity contribution in [2.24, 2.45) is 0 Å². The Labute approximate surface area is 106 Å². The quantitative estimate of drug-likeness (QED) is 0.789. The third kappa shape index (κ3) is 4.45. The summed E-state index contributed by atoms with van der Waals surface area (Å²) in [5.74, 6) is -1.08. The van der Waals surface area contributed by atoms with E-state index in [-0.39, 0.29) is 0 Å². The van der Waals surface area contributed by atoms with Crippen molar-refractivity contribution in [3.8, 4) is 0 Å². The Morgan fingerprint density at radius 2 is 1.94 bits per heavy atom. The summed E-state index contributed by atoms with van der Waals surface area (Å²) >= 11 is 0. The second-order valence-electron chi connectivity index (χ2n) is 3.78. The summed E-state index contributed by atoms with van der Waals surface area (Å²) in [7, 11) is 0. The number of carbonyl (C=O) groups is 2. The number of ether oxygens (including phenoxy) is 1. The van der Waals surface area contributed by atoms with Crippen LogP contribution in [0.2, 0.25) is 0 Å². The minimum atomic E-state index is -1.08.